The summed E-state index contributed by atoms with van der Waals surface area (Å²) in [6.07, 6.45) is 6.27. The van der Waals surface area contributed by atoms with Crippen LogP contribution in [0.1, 0.15) is 39.4 Å². The molecule has 15 heavy (non-hydrogen) atoms. The Balaban J connectivity index is 2.78. The smallest absolute Gasteiger partial charge is 0.114 e. The second kappa shape index (κ2) is 5.31. The van der Waals surface area contributed by atoms with Crippen LogP contribution in [0.3, 0.4) is 0 Å². The molecular weight excluding hydrogens is 186 g/mol. The number of nitrogens with zero attached hydrogens (tertiary/aromatic N) is 2. The zero-order valence-electron chi connectivity index (χ0n) is 10.4. The second-order valence-electron chi connectivity index (χ2n) is 4.68. The van der Waals surface area contributed by atoms with Crippen LogP contribution in [-0.2, 0) is 12.0 Å². The molecule has 0 aromatic carbocycles. The van der Waals surface area contributed by atoms with Crippen molar-refractivity contribution in [1.29, 1.82) is 0 Å². The number of hydrogen-bond acceptors (Lipinski definition) is 2. The summed E-state index contributed by atoms with van der Waals surface area (Å²) >= 11 is 0. The molecule has 0 fully saturated rings. The van der Waals surface area contributed by atoms with E-state index in [9.17, 15) is 0 Å². The summed E-state index contributed by atoms with van der Waals surface area (Å²) in [5, 5.41) is 3.20. The summed E-state index contributed by atoms with van der Waals surface area (Å²) in [6, 6.07) is 0. The molecule has 0 radical (unpaired) electrons. The molecule has 0 bridgehead atoms. The van der Waals surface area contributed by atoms with Crippen molar-refractivity contribution in [2.45, 2.75) is 45.6 Å². The third-order valence-corrected chi connectivity index (χ3v) is 2.79. The first-order chi connectivity index (χ1) is 7.11. The van der Waals surface area contributed by atoms with Crippen LogP contribution in [-0.4, -0.2) is 23.1 Å². The van der Waals surface area contributed by atoms with Gasteiger partial charge in [-0.3, -0.25) is 0 Å². The molecule has 0 aliphatic carbocycles. The number of rotatable bonds is 6. The highest BCUT2D eigenvalue weighted by Gasteiger charge is 2.24. The van der Waals surface area contributed by atoms with Crippen LogP contribution >= 0.6 is 0 Å². The van der Waals surface area contributed by atoms with Crippen LogP contribution in [0.5, 0.6) is 0 Å². The molecule has 1 heterocycles. The fraction of sp³-hybridized carbons (Fsp3) is 0.750. The van der Waals surface area contributed by atoms with Gasteiger partial charge in [0.1, 0.15) is 5.82 Å². The molecule has 1 aromatic heterocycles. The van der Waals surface area contributed by atoms with Crippen molar-refractivity contribution in [3.63, 3.8) is 0 Å². The van der Waals surface area contributed by atoms with E-state index in [0.29, 0.717) is 0 Å². The summed E-state index contributed by atoms with van der Waals surface area (Å²) in [5.74, 6) is 1.21. The van der Waals surface area contributed by atoms with Crippen molar-refractivity contribution in [1.82, 2.24) is 14.9 Å². The first-order valence-electron chi connectivity index (χ1n) is 5.78. The van der Waals surface area contributed by atoms with Gasteiger partial charge < -0.3 is 9.88 Å². The van der Waals surface area contributed by atoms with Crippen LogP contribution < -0.4 is 5.32 Å². The first-order valence-corrected chi connectivity index (χ1v) is 5.78. The van der Waals surface area contributed by atoms with Crippen LogP contribution in [0.25, 0.3) is 0 Å². The van der Waals surface area contributed by atoms with E-state index in [-0.39, 0.29) is 5.41 Å². The number of aryl methyl sites for hydroxylation is 1. The third-order valence-electron chi connectivity index (χ3n) is 2.79. The number of aromatic nitrogens is 2. The van der Waals surface area contributed by atoms with Gasteiger partial charge in [0.15, 0.2) is 0 Å². The van der Waals surface area contributed by atoms with Crippen LogP contribution in [0.4, 0.5) is 0 Å². The molecule has 0 aliphatic rings. The lowest BCUT2D eigenvalue weighted by Crippen LogP contribution is -2.27. The van der Waals surface area contributed by atoms with Crippen molar-refractivity contribution < 1.29 is 0 Å². The van der Waals surface area contributed by atoms with Gasteiger partial charge in [-0.05, 0) is 26.4 Å². The van der Waals surface area contributed by atoms with E-state index in [4.69, 9.17) is 0 Å². The molecule has 1 aromatic rings. The molecule has 3 nitrogen and oxygen atoms in total. The molecule has 0 saturated carbocycles. The summed E-state index contributed by atoms with van der Waals surface area (Å²) in [7, 11) is 1.99. The van der Waals surface area contributed by atoms with Crippen molar-refractivity contribution in [3.8, 4) is 0 Å². The summed E-state index contributed by atoms with van der Waals surface area (Å²) in [5.41, 5.74) is 0.154. The quantitative estimate of drug-likeness (QED) is 0.778. The fourth-order valence-corrected chi connectivity index (χ4v) is 1.86. The molecule has 1 rings (SSSR count). The van der Waals surface area contributed by atoms with Crippen molar-refractivity contribution in [3.05, 3.63) is 18.2 Å². The first kappa shape index (κ1) is 12.2. The molecule has 0 atom stereocenters. The molecule has 0 spiro atoms. The minimum atomic E-state index is 0.154. The van der Waals surface area contributed by atoms with E-state index in [1.807, 2.05) is 13.2 Å². The van der Waals surface area contributed by atoms with E-state index < -0.39 is 0 Å². The van der Waals surface area contributed by atoms with E-state index in [1.54, 1.807) is 0 Å². The maximum Gasteiger partial charge on any atom is 0.114 e. The zero-order chi connectivity index (χ0) is 11.3. The molecule has 0 unspecified atom stereocenters. The lowest BCUT2D eigenvalue weighted by molar-refractivity contribution is 0.417. The summed E-state index contributed by atoms with van der Waals surface area (Å²) in [6.45, 7) is 8.83. The highest BCUT2D eigenvalue weighted by molar-refractivity contribution is 5.07. The highest BCUT2D eigenvalue weighted by Crippen LogP contribution is 2.25. The van der Waals surface area contributed by atoms with Gasteiger partial charge in [0.05, 0.1) is 0 Å². The maximum absolute atomic E-state index is 4.49. The Morgan fingerprint density at radius 3 is 2.80 bits per heavy atom. The fourth-order valence-electron chi connectivity index (χ4n) is 1.86. The minimum absolute atomic E-state index is 0.154. The third kappa shape index (κ3) is 3.06. The Hall–Kier alpha value is -0.830. The van der Waals surface area contributed by atoms with E-state index in [2.05, 4.69) is 41.8 Å². The van der Waals surface area contributed by atoms with Crippen molar-refractivity contribution in [2.75, 3.05) is 13.6 Å². The maximum atomic E-state index is 4.49. The van der Waals surface area contributed by atoms with E-state index in [1.165, 1.54) is 5.82 Å². The number of hydrogen-bond donors (Lipinski definition) is 1. The van der Waals surface area contributed by atoms with E-state index in [0.717, 1.165) is 25.9 Å². The van der Waals surface area contributed by atoms with E-state index >= 15 is 0 Å². The summed E-state index contributed by atoms with van der Waals surface area (Å²) in [4.78, 5) is 4.49. The molecule has 86 valence electrons. The highest BCUT2D eigenvalue weighted by atomic mass is 15.1. The van der Waals surface area contributed by atoms with Crippen LogP contribution in [0, 0.1) is 0 Å². The van der Waals surface area contributed by atoms with Crippen molar-refractivity contribution in [2.24, 2.45) is 0 Å². The molecule has 0 amide bonds. The summed E-state index contributed by atoms with van der Waals surface area (Å²) < 4.78 is 2.27. The van der Waals surface area contributed by atoms with Gasteiger partial charge in [-0.2, -0.15) is 0 Å². The van der Waals surface area contributed by atoms with Gasteiger partial charge in [-0.25, -0.2) is 4.98 Å². The number of imidazole rings is 1. The molecule has 3 heteroatoms. The Bertz CT molecular complexity index is 289. The van der Waals surface area contributed by atoms with Gasteiger partial charge in [-0.1, -0.05) is 20.8 Å². The molecule has 1 N–H and O–H groups in total. The lowest BCUT2D eigenvalue weighted by atomic mass is 9.88. The predicted octanol–water partition coefficient (Wildman–Crippen LogP) is 2.18. The zero-order valence-corrected chi connectivity index (χ0v) is 10.4. The SMILES string of the molecule is CCCn1ccnc1C(C)(C)CCNC. The normalized spacial score (nSPS) is 12.0. The average Bonchev–Trinajstić information content (AvgIpc) is 2.64. The predicted molar refractivity (Wildman–Crippen MR) is 64.1 cm³/mol. The lowest BCUT2D eigenvalue weighted by Gasteiger charge is -2.25. The van der Waals surface area contributed by atoms with Crippen LogP contribution in [0.15, 0.2) is 12.4 Å². The van der Waals surface area contributed by atoms with Gasteiger partial charge in [0, 0.05) is 24.4 Å². The molecule has 0 aliphatic heterocycles. The van der Waals surface area contributed by atoms with Gasteiger partial charge >= 0.3 is 0 Å². The Labute approximate surface area is 92.9 Å². The Kier molecular flexibility index (Phi) is 4.33. The monoisotopic (exact) mass is 209 g/mol. The molecular formula is C12H23N3. The largest absolute Gasteiger partial charge is 0.335 e. The topological polar surface area (TPSA) is 29.9 Å². The number of nitrogens with one attached hydrogen (secondary N) is 1. The van der Waals surface area contributed by atoms with Gasteiger partial charge in [0.2, 0.25) is 0 Å². The average molecular weight is 209 g/mol. The Morgan fingerprint density at radius 1 is 1.47 bits per heavy atom. The second-order valence-corrected chi connectivity index (χ2v) is 4.68. The van der Waals surface area contributed by atoms with Gasteiger partial charge in [-0.15, -0.1) is 0 Å². The van der Waals surface area contributed by atoms with Crippen LogP contribution in [0.2, 0.25) is 0 Å². The standard InChI is InChI=1S/C12H23N3/c1-5-9-15-10-8-14-11(15)12(2,3)6-7-13-4/h8,10,13H,5-7,9H2,1-4H3. The molecule has 0 saturated heterocycles. The minimum Gasteiger partial charge on any atom is -0.335 e. The van der Waals surface area contributed by atoms with Crippen molar-refractivity contribution >= 4 is 0 Å². The van der Waals surface area contributed by atoms with Gasteiger partial charge in [0.25, 0.3) is 0 Å². The Morgan fingerprint density at radius 2 is 2.20 bits per heavy atom.